The average molecular weight is 521 g/mol. The van der Waals surface area contributed by atoms with Gasteiger partial charge in [-0.15, -0.1) is 0 Å². The van der Waals surface area contributed by atoms with Crippen LogP contribution in [0.25, 0.3) is 0 Å². The number of rotatable bonds is 23. The summed E-state index contributed by atoms with van der Waals surface area (Å²) in [7, 11) is 2.96. The van der Waals surface area contributed by atoms with Crippen LogP contribution < -0.4 is 10.6 Å². The van der Waals surface area contributed by atoms with Crippen molar-refractivity contribution < 1.29 is 23.9 Å². The highest BCUT2D eigenvalue weighted by molar-refractivity contribution is 8.76. The molecule has 34 heavy (non-hydrogen) atoms. The van der Waals surface area contributed by atoms with Gasteiger partial charge in [0.1, 0.15) is 12.1 Å². The molecule has 2 unspecified atom stereocenters. The Bertz CT molecular complexity index is 537. The Kier molecular flexibility index (Phi) is 23.1. The molecule has 0 spiro atoms. The molecular formula is C25H48N2O5S2. The quantitative estimate of drug-likeness (QED) is 0.107. The van der Waals surface area contributed by atoms with Gasteiger partial charge in [0.05, 0.1) is 13.2 Å². The van der Waals surface area contributed by atoms with E-state index in [2.05, 4.69) is 24.5 Å². The van der Waals surface area contributed by atoms with Gasteiger partial charge in [-0.2, -0.15) is 0 Å². The lowest BCUT2D eigenvalue weighted by atomic mass is 10.1. The number of hydrogen-bond acceptors (Lipinski definition) is 8. The highest BCUT2D eigenvalue weighted by Gasteiger charge is 2.24. The van der Waals surface area contributed by atoms with E-state index in [9.17, 15) is 14.4 Å². The first-order valence-corrected chi connectivity index (χ1v) is 15.6. The van der Waals surface area contributed by atoms with E-state index in [-0.39, 0.29) is 24.5 Å². The summed E-state index contributed by atoms with van der Waals surface area (Å²) in [4.78, 5) is 36.9. The van der Waals surface area contributed by atoms with Gasteiger partial charge in [0.25, 0.3) is 0 Å². The van der Waals surface area contributed by atoms with Crippen LogP contribution in [0.2, 0.25) is 0 Å². The van der Waals surface area contributed by atoms with Crippen LogP contribution in [0.3, 0.4) is 0 Å². The lowest BCUT2D eigenvalue weighted by Crippen LogP contribution is -2.43. The molecule has 0 fully saturated rings. The van der Waals surface area contributed by atoms with E-state index in [1.54, 1.807) is 13.8 Å². The molecule has 0 radical (unpaired) electrons. The van der Waals surface area contributed by atoms with Gasteiger partial charge in [-0.3, -0.25) is 9.59 Å². The van der Waals surface area contributed by atoms with Gasteiger partial charge in [0.15, 0.2) is 0 Å². The molecule has 0 saturated carbocycles. The number of nitrogens with one attached hydrogen (secondary N) is 2. The second kappa shape index (κ2) is 23.8. The fraction of sp³-hybridized carbons (Fsp3) is 0.880. The molecule has 7 nitrogen and oxygen atoms in total. The highest BCUT2D eigenvalue weighted by atomic mass is 33.1. The van der Waals surface area contributed by atoms with Crippen LogP contribution in [0, 0.1) is 0 Å². The van der Waals surface area contributed by atoms with E-state index in [0.29, 0.717) is 24.5 Å². The maximum atomic E-state index is 12.3. The molecule has 0 bridgehead atoms. The molecular weight excluding hydrogens is 472 g/mol. The summed E-state index contributed by atoms with van der Waals surface area (Å²) in [6, 6.07) is -1.07. The number of hydrogen-bond donors (Lipinski definition) is 2. The van der Waals surface area contributed by atoms with Gasteiger partial charge in [-0.25, -0.2) is 4.79 Å². The monoisotopic (exact) mass is 520 g/mol. The van der Waals surface area contributed by atoms with E-state index < -0.39 is 12.0 Å². The third kappa shape index (κ3) is 18.4. The maximum Gasteiger partial charge on any atom is 0.329 e. The normalized spacial score (nSPS) is 12.7. The first-order valence-electron chi connectivity index (χ1n) is 13.1. The Balaban J connectivity index is 4.51. The SMILES string of the molecule is CCCCCCCNC(CSSCC(NC(=O)CCCCCCC)C(=O)OCC)C(=O)OCC. The van der Waals surface area contributed by atoms with Crippen LogP contribution in [0.4, 0.5) is 0 Å². The third-order valence-electron chi connectivity index (χ3n) is 5.21. The van der Waals surface area contributed by atoms with Gasteiger partial charge < -0.3 is 20.1 Å². The molecule has 0 heterocycles. The minimum Gasteiger partial charge on any atom is -0.465 e. The fourth-order valence-electron chi connectivity index (χ4n) is 3.26. The zero-order valence-electron chi connectivity index (χ0n) is 21.8. The maximum absolute atomic E-state index is 12.3. The molecule has 9 heteroatoms. The Morgan fingerprint density at radius 1 is 0.676 bits per heavy atom. The van der Waals surface area contributed by atoms with E-state index in [0.717, 1.165) is 45.1 Å². The van der Waals surface area contributed by atoms with Crippen LogP contribution in [0.1, 0.15) is 98.3 Å². The lowest BCUT2D eigenvalue weighted by molar-refractivity contribution is -0.146. The summed E-state index contributed by atoms with van der Waals surface area (Å²) in [6.07, 6.45) is 11.6. The minimum atomic E-state index is -0.687. The molecule has 200 valence electrons. The van der Waals surface area contributed by atoms with Crippen LogP contribution in [0.15, 0.2) is 0 Å². The number of carbonyl (C=O) groups excluding carboxylic acids is 3. The van der Waals surface area contributed by atoms with Crippen molar-refractivity contribution in [3.05, 3.63) is 0 Å². The Labute approximate surface area is 215 Å². The number of carbonyl (C=O) groups is 3. The standard InChI is InChI=1S/C25H48N2O5S2/c1-5-9-11-13-15-17-23(28)27-22(25(30)32-8-4)20-34-33-19-21(24(29)31-7-3)26-18-16-14-12-10-6-2/h21-22,26H,5-20H2,1-4H3,(H,27,28). The summed E-state index contributed by atoms with van der Waals surface area (Å²) in [5.41, 5.74) is 0. The van der Waals surface area contributed by atoms with Gasteiger partial charge in [-0.05, 0) is 33.2 Å². The Morgan fingerprint density at radius 3 is 1.74 bits per heavy atom. The van der Waals surface area contributed by atoms with Crippen molar-refractivity contribution in [2.75, 3.05) is 31.3 Å². The van der Waals surface area contributed by atoms with Crippen molar-refractivity contribution in [2.45, 2.75) is 110 Å². The molecule has 0 rings (SSSR count). The zero-order valence-corrected chi connectivity index (χ0v) is 23.5. The van der Waals surface area contributed by atoms with Crippen LogP contribution in [-0.4, -0.2) is 61.2 Å². The first-order chi connectivity index (χ1) is 16.5. The molecule has 0 aromatic rings. The predicted molar refractivity (Wildman–Crippen MR) is 144 cm³/mol. The summed E-state index contributed by atoms with van der Waals surface area (Å²) in [6.45, 7) is 9.30. The van der Waals surface area contributed by atoms with Crippen molar-refractivity contribution in [2.24, 2.45) is 0 Å². The second-order valence-electron chi connectivity index (χ2n) is 8.28. The largest absolute Gasteiger partial charge is 0.465 e. The second-order valence-corrected chi connectivity index (χ2v) is 10.8. The smallest absolute Gasteiger partial charge is 0.329 e. The van der Waals surface area contributed by atoms with Gasteiger partial charge >= 0.3 is 11.9 Å². The molecule has 0 aliphatic rings. The first kappa shape index (κ1) is 33.1. The molecule has 1 amide bonds. The van der Waals surface area contributed by atoms with Crippen molar-refractivity contribution in [1.82, 2.24) is 10.6 Å². The van der Waals surface area contributed by atoms with Crippen molar-refractivity contribution in [1.29, 1.82) is 0 Å². The van der Waals surface area contributed by atoms with Gasteiger partial charge in [0.2, 0.25) is 5.91 Å². The molecule has 2 N–H and O–H groups in total. The summed E-state index contributed by atoms with van der Waals surface area (Å²) < 4.78 is 10.3. The Morgan fingerprint density at radius 2 is 1.18 bits per heavy atom. The number of unbranched alkanes of at least 4 members (excludes halogenated alkanes) is 8. The van der Waals surface area contributed by atoms with E-state index >= 15 is 0 Å². The molecule has 0 saturated heterocycles. The van der Waals surface area contributed by atoms with Gasteiger partial charge in [-0.1, -0.05) is 86.8 Å². The summed E-state index contributed by atoms with van der Waals surface area (Å²) in [5, 5.41) is 6.14. The summed E-state index contributed by atoms with van der Waals surface area (Å²) >= 11 is 0. The Hall–Kier alpha value is -0.930. The molecule has 0 aromatic heterocycles. The van der Waals surface area contributed by atoms with Gasteiger partial charge in [0, 0.05) is 17.9 Å². The lowest BCUT2D eigenvalue weighted by Gasteiger charge is -2.19. The average Bonchev–Trinajstić information content (AvgIpc) is 2.81. The van der Waals surface area contributed by atoms with E-state index in [1.165, 1.54) is 47.3 Å². The van der Waals surface area contributed by atoms with Crippen molar-refractivity contribution in [3.63, 3.8) is 0 Å². The molecule has 2 atom stereocenters. The van der Waals surface area contributed by atoms with E-state index in [1.807, 2.05) is 0 Å². The fourth-order valence-corrected chi connectivity index (χ4v) is 5.59. The number of amides is 1. The topological polar surface area (TPSA) is 93.7 Å². The minimum absolute atomic E-state index is 0.116. The predicted octanol–water partition coefficient (Wildman–Crippen LogP) is 5.27. The third-order valence-corrected chi connectivity index (χ3v) is 7.63. The van der Waals surface area contributed by atoms with Crippen molar-refractivity contribution in [3.8, 4) is 0 Å². The zero-order chi connectivity index (χ0) is 25.4. The van der Waals surface area contributed by atoms with Crippen LogP contribution >= 0.6 is 21.6 Å². The van der Waals surface area contributed by atoms with Crippen LogP contribution in [-0.2, 0) is 23.9 Å². The molecule has 0 aliphatic carbocycles. The molecule has 0 aliphatic heterocycles. The van der Waals surface area contributed by atoms with Crippen LogP contribution in [0.5, 0.6) is 0 Å². The number of ether oxygens (including phenoxy) is 2. The van der Waals surface area contributed by atoms with Crippen molar-refractivity contribution >= 4 is 39.4 Å². The summed E-state index contributed by atoms with van der Waals surface area (Å²) in [5.74, 6) is 0.135. The highest BCUT2D eigenvalue weighted by Crippen LogP contribution is 2.24. The number of esters is 2. The molecule has 0 aromatic carbocycles. The van der Waals surface area contributed by atoms with E-state index in [4.69, 9.17) is 9.47 Å².